The van der Waals surface area contributed by atoms with Gasteiger partial charge in [-0.15, -0.1) is 11.3 Å². The third-order valence-corrected chi connectivity index (χ3v) is 3.31. The quantitative estimate of drug-likeness (QED) is 0.775. The molecule has 8 heteroatoms. The van der Waals surface area contributed by atoms with Crippen molar-refractivity contribution in [3.05, 3.63) is 45.7 Å². The van der Waals surface area contributed by atoms with Gasteiger partial charge in [0.05, 0.1) is 5.69 Å². The third kappa shape index (κ3) is 2.50. The molecule has 0 N–H and O–H groups in total. The standard InChI is InChI=1S/C12H10N2O5S/c15-10-5-8(13-12-14(10)1-4-20-12)6-19-11(16)9-7-17-2-3-18-9/h1,4-5,7H,2-3,6H2. The lowest BCUT2D eigenvalue weighted by molar-refractivity contribution is -0.146. The molecule has 2 aromatic heterocycles. The van der Waals surface area contributed by atoms with E-state index in [1.165, 1.54) is 28.1 Å². The Balaban J connectivity index is 1.72. The number of esters is 1. The fraction of sp³-hybridized carbons (Fsp3) is 0.250. The molecular weight excluding hydrogens is 284 g/mol. The summed E-state index contributed by atoms with van der Waals surface area (Å²) in [5, 5.41) is 1.76. The van der Waals surface area contributed by atoms with Gasteiger partial charge in [0.1, 0.15) is 26.1 Å². The minimum atomic E-state index is -0.641. The molecule has 0 unspecified atom stereocenters. The average molecular weight is 294 g/mol. The summed E-state index contributed by atoms with van der Waals surface area (Å²) in [6, 6.07) is 1.33. The number of carbonyl (C=O) groups excluding carboxylic acids is 1. The van der Waals surface area contributed by atoms with Crippen LogP contribution in [0.5, 0.6) is 0 Å². The van der Waals surface area contributed by atoms with Crippen molar-refractivity contribution >= 4 is 22.3 Å². The maximum atomic E-state index is 11.7. The normalized spacial score (nSPS) is 14.3. The van der Waals surface area contributed by atoms with Gasteiger partial charge in [-0.2, -0.15) is 0 Å². The van der Waals surface area contributed by atoms with Crippen LogP contribution in [0.15, 0.2) is 34.5 Å². The summed E-state index contributed by atoms with van der Waals surface area (Å²) in [7, 11) is 0. The van der Waals surface area contributed by atoms with Crippen molar-refractivity contribution in [3.8, 4) is 0 Å². The molecule has 0 atom stereocenters. The molecule has 0 radical (unpaired) electrons. The van der Waals surface area contributed by atoms with Crippen molar-refractivity contribution in [2.75, 3.05) is 13.2 Å². The van der Waals surface area contributed by atoms with Crippen LogP contribution in [-0.2, 0) is 25.6 Å². The molecule has 0 aromatic carbocycles. The maximum absolute atomic E-state index is 11.7. The molecule has 0 aliphatic carbocycles. The minimum absolute atomic E-state index is 0.0187. The summed E-state index contributed by atoms with van der Waals surface area (Å²) in [4.78, 5) is 28.2. The number of ether oxygens (including phenoxy) is 3. The maximum Gasteiger partial charge on any atom is 0.377 e. The highest BCUT2D eigenvalue weighted by atomic mass is 32.1. The van der Waals surface area contributed by atoms with Gasteiger partial charge in [-0.1, -0.05) is 0 Å². The van der Waals surface area contributed by atoms with E-state index in [0.717, 1.165) is 0 Å². The summed E-state index contributed by atoms with van der Waals surface area (Å²) in [6.07, 6.45) is 2.86. The van der Waals surface area contributed by atoms with Gasteiger partial charge in [0.2, 0.25) is 5.76 Å². The van der Waals surface area contributed by atoms with E-state index in [2.05, 4.69) is 4.98 Å². The Morgan fingerprint density at radius 2 is 2.40 bits per heavy atom. The second-order valence-corrected chi connectivity index (χ2v) is 4.79. The molecule has 0 spiro atoms. The first kappa shape index (κ1) is 12.7. The first-order chi connectivity index (χ1) is 9.74. The topological polar surface area (TPSA) is 79.1 Å². The highest BCUT2D eigenvalue weighted by molar-refractivity contribution is 7.15. The zero-order valence-electron chi connectivity index (χ0n) is 10.3. The van der Waals surface area contributed by atoms with Crippen molar-refractivity contribution in [1.82, 2.24) is 9.38 Å². The van der Waals surface area contributed by atoms with Gasteiger partial charge in [0, 0.05) is 17.6 Å². The first-order valence-corrected chi connectivity index (χ1v) is 6.69. The second kappa shape index (κ2) is 5.33. The molecule has 0 fully saturated rings. The summed E-state index contributed by atoms with van der Waals surface area (Å²) < 4.78 is 16.5. The smallest absolute Gasteiger partial charge is 0.377 e. The number of hydrogen-bond acceptors (Lipinski definition) is 7. The SMILES string of the molecule is O=C(OCc1cc(=O)n2ccsc2n1)C1=COCCO1. The fourth-order valence-electron chi connectivity index (χ4n) is 1.65. The Morgan fingerprint density at radius 3 is 3.20 bits per heavy atom. The van der Waals surface area contributed by atoms with E-state index in [9.17, 15) is 9.59 Å². The van der Waals surface area contributed by atoms with E-state index in [4.69, 9.17) is 14.2 Å². The Hall–Kier alpha value is -2.35. The van der Waals surface area contributed by atoms with Crippen molar-refractivity contribution in [3.63, 3.8) is 0 Å². The molecule has 1 aliphatic heterocycles. The highest BCUT2D eigenvalue weighted by Crippen LogP contribution is 2.10. The highest BCUT2D eigenvalue weighted by Gasteiger charge is 2.17. The molecule has 3 rings (SSSR count). The van der Waals surface area contributed by atoms with Gasteiger partial charge >= 0.3 is 5.97 Å². The van der Waals surface area contributed by atoms with Gasteiger partial charge in [0.15, 0.2) is 4.96 Å². The lowest BCUT2D eigenvalue weighted by Gasteiger charge is -2.14. The predicted molar refractivity (Wildman–Crippen MR) is 69.1 cm³/mol. The van der Waals surface area contributed by atoms with Crippen molar-refractivity contribution in [1.29, 1.82) is 0 Å². The van der Waals surface area contributed by atoms with E-state index in [1.54, 1.807) is 11.6 Å². The molecule has 0 bridgehead atoms. The summed E-state index contributed by atoms with van der Waals surface area (Å²) in [5.41, 5.74) is 0.182. The van der Waals surface area contributed by atoms with E-state index >= 15 is 0 Å². The van der Waals surface area contributed by atoms with Crippen LogP contribution in [0.3, 0.4) is 0 Å². The molecule has 3 heterocycles. The minimum Gasteiger partial charge on any atom is -0.493 e. The molecule has 0 saturated heterocycles. The molecule has 0 saturated carbocycles. The van der Waals surface area contributed by atoms with Crippen molar-refractivity contribution in [2.45, 2.75) is 6.61 Å². The van der Waals surface area contributed by atoms with Gasteiger partial charge in [-0.3, -0.25) is 9.20 Å². The van der Waals surface area contributed by atoms with Crippen molar-refractivity contribution in [2.24, 2.45) is 0 Å². The zero-order chi connectivity index (χ0) is 13.9. The fourth-order valence-corrected chi connectivity index (χ4v) is 2.39. The predicted octanol–water partition coefficient (Wildman–Crippen LogP) is 0.687. The number of thiazole rings is 1. The van der Waals surface area contributed by atoms with Crippen LogP contribution in [0, 0.1) is 0 Å². The van der Waals surface area contributed by atoms with Gasteiger partial charge in [-0.25, -0.2) is 9.78 Å². The van der Waals surface area contributed by atoms with E-state index in [0.29, 0.717) is 23.9 Å². The van der Waals surface area contributed by atoms with Gasteiger partial charge in [-0.05, 0) is 0 Å². The van der Waals surface area contributed by atoms with E-state index in [-0.39, 0.29) is 17.9 Å². The molecule has 2 aromatic rings. The van der Waals surface area contributed by atoms with Gasteiger partial charge < -0.3 is 14.2 Å². The zero-order valence-corrected chi connectivity index (χ0v) is 11.1. The molecular formula is C12H10N2O5S. The van der Waals surface area contributed by atoms with Crippen LogP contribution in [-0.4, -0.2) is 28.6 Å². The number of hydrogen-bond donors (Lipinski definition) is 0. The molecule has 104 valence electrons. The van der Waals surface area contributed by atoms with E-state index < -0.39 is 5.97 Å². The largest absolute Gasteiger partial charge is 0.493 e. The number of rotatable bonds is 3. The average Bonchev–Trinajstić information content (AvgIpc) is 2.94. The number of carbonyl (C=O) groups is 1. The summed E-state index contributed by atoms with van der Waals surface area (Å²) >= 11 is 1.33. The van der Waals surface area contributed by atoms with Crippen LogP contribution in [0.1, 0.15) is 5.69 Å². The van der Waals surface area contributed by atoms with Gasteiger partial charge in [0.25, 0.3) is 5.56 Å². The number of nitrogens with zero attached hydrogens (tertiary/aromatic N) is 2. The Morgan fingerprint density at radius 1 is 1.50 bits per heavy atom. The summed E-state index contributed by atoms with van der Waals surface area (Å²) in [6.45, 7) is 0.620. The molecule has 1 aliphatic rings. The first-order valence-electron chi connectivity index (χ1n) is 5.81. The lowest BCUT2D eigenvalue weighted by Crippen LogP contribution is -2.18. The summed E-state index contributed by atoms with van der Waals surface area (Å²) in [5.74, 6) is -0.622. The number of fused-ring (bicyclic) bond motifs is 1. The van der Waals surface area contributed by atoms with E-state index in [1.807, 2.05) is 0 Å². The molecule has 20 heavy (non-hydrogen) atoms. The Kier molecular flexibility index (Phi) is 3.38. The van der Waals surface area contributed by atoms with Crippen LogP contribution in [0.4, 0.5) is 0 Å². The molecule has 0 amide bonds. The van der Waals surface area contributed by atoms with Crippen LogP contribution in [0.2, 0.25) is 0 Å². The van der Waals surface area contributed by atoms with Crippen LogP contribution >= 0.6 is 11.3 Å². The Bertz CT molecular complexity index is 733. The second-order valence-electron chi connectivity index (χ2n) is 3.92. The molecule has 7 nitrogen and oxygen atoms in total. The van der Waals surface area contributed by atoms with Crippen molar-refractivity contribution < 1.29 is 19.0 Å². The number of aromatic nitrogens is 2. The monoisotopic (exact) mass is 294 g/mol. The third-order valence-electron chi connectivity index (χ3n) is 2.56. The lowest BCUT2D eigenvalue weighted by atomic mass is 10.4. The van der Waals surface area contributed by atoms with Crippen LogP contribution in [0.25, 0.3) is 4.96 Å². The van der Waals surface area contributed by atoms with Crippen LogP contribution < -0.4 is 5.56 Å². The Labute approximate surface area is 117 Å².